The first kappa shape index (κ1) is 56.2. The lowest BCUT2D eigenvalue weighted by molar-refractivity contribution is -0.229. The Hall–Kier alpha value is -2.79. The quantitative estimate of drug-likeness (QED) is 0.0352. The zero-order chi connectivity index (χ0) is 45.6. The van der Waals surface area contributed by atoms with Crippen molar-refractivity contribution in [3.63, 3.8) is 0 Å². The van der Waals surface area contributed by atoms with Gasteiger partial charge < -0.3 is 39.4 Å². The molecule has 3 aliphatic heterocycles. The zero-order valence-electron chi connectivity index (χ0n) is 38.1. The van der Waals surface area contributed by atoms with Gasteiger partial charge in [0.15, 0.2) is 0 Å². The smallest absolute Gasteiger partial charge is 0.330 e. The Kier molecular flexibility index (Phi) is 30.3. The van der Waals surface area contributed by atoms with Crippen LogP contribution >= 0.6 is 19.6 Å². The minimum Gasteiger partial charge on any atom is -0.756 e. The molecule has 3 fully saturated rings. The van der Waals surface area contributed by atoms with E-state index in [0.717, 1.165) is 68.8 Å². The van der Waals surface area contributed by atoms with Crippen molar-refractivity contribution in [3.8, 4) is 0 Å². The summed E-state index contributed by atoms with van der Waals surface area (Å²) in [5, 5.41) is 9.14. The highest BCUT2D eigenvalue weighted by atomic mass is 32.2. The van der Waals surface area contributed by atoms with Gasteiger partial charge in [0.25, 0.3) is 13.4 Å². The standard InChI is InChI=1S/C31H48N5O11PS.3C4H10/c1-44-18-24-23(47-48(42,43)45-2)16-27(46-24)36-17-20(29(39)35-31(36)41)13-14-26(38)32-15-9-5-3-4-6-10-21(37)11-7-8-12-25-28-22(19-49-25)33-30(40)34-28;3*1-3-4-2/h13-14,17,22-25,27-28H,3-12,15-16,18-19H2,1-2H3,(H,32,38)(H,42,43)(H2,33,34,40)(H,35,39,41);3*3-4H2,1-2H3/p-1/b14-13+;;;/t22?,23?,24-,25?,27-,28?;;;/m1.../s1. The van der Waals surface area contributed by atoms with Crippen molar-refractivity contribution in [1.82, 2.24) is 25.5 Å². The number of nitrogens with zero attached hydrogens (tertiary/aromatic N) is 1. The SMILES string of the molecule is CCCC.CCCC.CCCC.COC[C@H]1O[C@@H](n2cc(/C=C/C(=O)NCCCCCCCC(=O)CCCCC3SCC4NC(=O)NC43)c(=O)[nH]c2=O)CC1OP(=O)([O-])OC. The molecular weight excluding hydrogens is 826 g/mol. The maximum absolute atomic E-state index is 12.5. The Morgan fingerprint density at radius 1 is 0.918 bits per heavy atom. The number of carbonyl (C=O) groups excluding carboxylic acids is 3. The molecule has 0 aliphatic carbocycles. The maximum Gasteiger partial charge on any atom is 0.330 e. The van der Waals surface area contributed by atoms with Crippen molar-refractivity contribution in [1.29, 1.82) is 0 Å². The molecule has 1 aromatic rings. The molecule has 4 N–H and O–H groups in total. The van der Waals surface area contributed by atoms with Gasteiger partial charge in [0, 0.05) is 63.3 Å². The number of rotatable bonds is 24. The van der Waals surface area contributed by atoms with Crippen LogP contribution in [-0.2, 0) is 32.7 Å². The van der Waals surface area contributed by atoms with Gasteiger partial charge in [-0.05, 0) is 31.8 Å². The van der Waals surface area contributed by atoms with E-state index in [2.05, 4.69) is 67.0 Å². The number of ether oxygens (including phenoxy) is 2. The molecule has 352 valence electrons. The maximum atomic E-state index is 12.5. The average Bonchev–Trinajstić information content (AvgIpc) is 3.94. The predicted octanol–water partition coefficient (Wildman–Crippen LogP) is 7.15. The van der Waals surface area contributed by atoms with Gasteiger partial charge in [-0.25, -0.2) is 9.59 Å². The van der Waals surface area contributed by atoms with Crippen molar-refractivity contribution in [2.45, 2.75) is 186 Å². The number of methoxy groups -OCH3 is 1. The van der Waals surface area contributed by atoms with Gasteiger partial charge >= 0.3 is 11.7 Å². The predicted molar refractivity (Wildman–Crippen MR) is 242 cm³/mol. The normalized spacial score (nSPS) is 22.3. The van der Waals surface area contributed by atoms with E-state index in [0.29, 0.717) is 30.4 Å². The molecule has 4 rings (SSSR count). The second kappa shape index (κ2) is 32.8. The van der Waals surface area contributed by atoms with Crippen LogP contribution in [0.2, 0.25) is 0 Å². The van der Waals surface area contributed by atoms with Gasteiger partial charge in [-0.15, -0.1) is 0 Å². The number of ketones is 1. The van der Waals surface area contributed by atoms with Crippen LogP contribution in [0.5, 0.6) is 0 Å². The molecule has 0 saturated carbocycles. The van der Waals surface area contributed by atoms with E-state index in [1.165, 1.54) is 64.0 Å². The Labute approximate surface area is 368 Å². The number of Topliss-reactive ketones (excluding diaryl/α,β-unsaturated/α-hetero) is 1. The minimum atomic E-state index is -4.59. The molecule has 0 radical (unpaired) electrons. The van der Waals surface area contributed by atoms with Crippen LogP contribution in [0.25, 0.3) is 6.08 Å². The summed E-state index contributed by atoms with van der Waals surface area (Å²) < 4.78 is 33.2. The van der Waals surface area contributed by atoms with Crippen molar-refractivity contribution < 1.29 is 42.4 Å². The number of aromatic nitrogens is 2. The number of thioether (sulfide) groups is 1. The summed E-state index contributed by atoms with van der Waals surface area (Å²) in [5.41, 5.74) is -1.46. The van der Waals surface area contributed by atoms with Crippen LogP contribution < -0.4 is 32.1 Å². The topological polar surface area (TPSA) is 219 Å². The summed E-state index contributed by atoms with van der Waals surface area (Å²) in [6.07, 6.45) is 17.3. The fourth-order valence-corrected chi connectivity index (χ4v) is 8.37. The molecule has 3 amide bonds. The molecule has 7 atom stereocenters. The molecule has 0 bridgehead atoms. The summed E-state index contributed by atoms with van der Waals surface area (Å²) in [6, 6.07) is 0.363. The van der Waals surface area contributed by atoms with Crippen LogP contribution in [0.3, 0.4) is 0 Å². The molecule has 3 saturated heterocycles. The number of hydrogen-bond donors (Lipinski definition) is 4. The number of fused-ring (bicyclic) bond motifs is 1. The number of carbonyl (C=O) groups is 3. The van der Waals surface area contributed by atoms with E-state index in [1.807, 2.05) is 11.8 Å². The van der Waals surface area contributed by atoms with Gasteiger partial charge in [-0.2, -0.15) is 11.8 Å². The second-order valence-corrected chi connectivity index (χ2v) is 18.1. The van der Waals surface area contributed by atoms with Gasteiger partial charge in [-0.3, -0.25) is 28.5 Å². The fourth-order valence-electron chi connectivity index (χ4n) is 6.19. The highest BCUT2D eigenvalue weighted by molar-refractivity contribution is 8.00. The van der Waals surface area contributed by atoms with Crippen LogP contribution in [0.1, 0.15) is 162 Å². The summed E-state index contributed by atoms with van der Waals surface area (Å²) in [4.78, 5) is 75.1. The highest BCUT2D eigenvalue weighted by Crippen LogP contribution is 2.44. The molecule has 18 heteroatoms. The summed E-state index contributed by atoms with van der Waals surface area (Å²) in [6.45, 7) is 13.5. The fraction of sp³-hybridized carbons (Fsp3) is 0.791. The van der Waals surface area contributed by atoms with Crippen molar-refractivity contribution in [2.24, 2.45) is 0 Å². The minimum absolute atomic E-state index is 0.0142. The third kappa shape index (κ3) is 22.9. The summed E-state index contributed by atoms with van der Waals surface area (Å²) in [7, 11) is -2.23. The number of aromatic amines is 1. The number of amides is 3. The number of phosphoric ester groups is 1. The first-order valence-corrected chi connectivity index (χ1v) is 25.0. The van der Waals surface area contributed by atoms with Crippen LogP contribution in [0.4, 0.5) is 4.79 Å². The molecule has 4 heterocycles. The first-order valence-electron chi connectivity index (χ1n) is 22.4. The van der Waals surface area contributed by atoms with Gasteiger partial charge in [-0.1, -0.05) is 106 Å². The average molecular weight is 903 g/mol. The Morgan fingerprint density at radius 2 is 1.52 bits per heavy atom. The molecule has 16 nitrogen and oxygen atoms in total. The van der Waals surface area contributed by atoms with Crippen LogP contribution in [-0.4, -0.2) is 89.9 Å². The van der Waals surface area contributed by atoms with E-state index >= 15 is 0 Å². The summed E-state index contributed by atoms with van der Waals surface area (Å²) in [5.74, 6) is 0.832. The molecular formula is C43H77N5O11PS-. The Morgan fingerprint density at radius 3 is 2.13 bits per heavy atom. The molecule has 5 unspecified atom stereocenters. The molecule has 61 heavy (non-hydrogen) atoms. The van der Waals surface area contributed by atoms with Gasteiger partial charge in [0.05, 0.1) is 30.4 Å². The van der Waals surface area contributed by atoms with Gasteiger partial charge in [0.1, 0.15) is 18.1 Å². The van der Waals surface area contributed by atoms with Crippen LogP contribution in [0.15, 0.2) is 21.9 Å². The largest absolute Gasteiger partial charge is 0.756 e. The number of H-pyrrole nitrogens is 1. The highest BCUT2D eigenvalue weighted by Gasteiger charge is 2.42. The lowest BCUT2D eigenvalue weighted by atomic mass is 10.0. The summed E-state index contributed by atoms with van der Waals surface area (Å²) >= 11 is 1.89. The second-order valence-electron chi connectivity index (χ2n) is 15.4. The van der Waals surface area contributed by atoms with E-state index in [4.69, 9.17) is 14.0 Å². The number of hydrogen-bond acceptors (Lipinski definition) is 12. The number of unbranched alkanes of at least 4 members (excludes halogenated alkanes) is 8. The Bertz CT molecular complexity index is 1580. The lowest BCUT2D eigenvalue weighted by Crippen LogP contribution is -2.36. The van der Waals surface area contributed by atoms with Crippen molar-refractivity contribution >= 4 is 43.4 Å². The lowest BCUT2D eigenvalue weighted by Gasteiger charge is -2.26. The third-order valence-electron chi connectivity index (χ3n) is 10.3. The molecule has 0 spiro atoms. The number of phosphoric acid groups is 1. The molecule has 1 aromatic heterocycles. The van der Waals surface area contributed by atoms with E-state index in [9.17, 15) is 33.4 Å². The molecule has 3 aliphatic rings. The van der Waals surface area contributed by atoms with Gasteiger partial charge in [0.2, 0.25) is 5.91 Å². The van der Waals surface area contributed by atoms with E-state index in [-0.39, 0.29) is 36.7 Å². The molecule has 0 aromatic carbocycles. The third-order valence-corrected chi connectivity index (χ3v) is 12.8. The first-order chi connectivity index (χ1) is 29.2. The van der Waals surface area contributed by atoms with Crippen molar-refractivity contribution in [3.05, 3.63) is 38.7 Å². The number of urea groups is 1. The Balaban J connectivity index is 0.00000137. The van der Waals surface area contributed by atoms with Crippen LogP contribution in [0, 0.1) is 0 Å². The number of nitrogens with one attached hydrogen (secondary N) is 4. The van der Waals surface area contributed by atoms with E-state index < -0.39 is 43.4 Å². The zero-order valence-corrected chi connectivity index (χ0v) is 39.8. The van der Waals surface area contributed by atoms with E-state index in [1.54, 1.807) is 0 Å². The monoisotopic (exact) mass is 903 g/mol. The van der Waals surface area contributed by atoms with Crippen molar-refractivity contribution in [2.75, 3.05) is 33.1 Å².